The largest absolute Gasteiger partial charge is 0.462 e. The van der Waals surface area contributed by atoms with Gasteiger partial charge in [-0.3, -0.25) is 9.69 Å². The summed E-state index contributed by atoms with van der Waals surface area (Å²) in [7, 11) is 0. The van der Waals surface area contributed by atoms with Crippen molar-refractivity contribution in [2.24, 2.45) is 0 Å². The molecule has 2 aromatic carbocycles. The molecular weight excluding hydrogens is 527 g/mol. The Morgan fingerprint density at radius 2 is 1.73 bits per heavy atom. The molecule has 0 spiro atoms. The number of benzene rings is 2. The quantitative estimate of drug-likeness (QED) is 0.184. The molecule has 0 aliphatic rings. The molecule has 0 atom stereocenters. The van der Waals surface area contributed by atoms with E-state index in [0.29, 0.717) is 31.7 Å². The molecular formula is C26H27N5O3S3. The average Bonchev–Trinajstić information content (AvgIpc) is 3.50. The van der Waals surface area contributed by atoms with E-state index in [1.165, 1.54) is 34.4 Å². The van der Waals surface area contributed by atoms with Gasteiger partial charge in [-0.05, 0) is 44.4 Å². The molecule has 1 N–H and O–H groups in total. The van der Waals surface area contributed by atoms with E-state index in [4.69, 9.17) is 4.74 Å². The van der Waals surface area contributed by atoms with Crippen LogP contribution in [0.2, 0.25) is 0 Å². The summed E-state index contributed by atoms with van der Waals surface area (Å²) in [6, 6.07) is 15.8. The number of carbonyl (C=O) groups is 2. The summed E-state index contributed by atoms with van der Waals surface area (Å²) in [5.74, 6) is -0.418. The minimum absolute atomic E-state index is 0.141. The van der Waals surface area contributed by atoms with E-state index in [0.717, 1.165) is 22.4 Å². The number of anilines is 3. The van der Waals surface area contributed by atoms with Gasteiger partial charge in [0.15, 0.2) is 9.47 Å². The number of aryl methyl sites for hydroxylation is 3. The van der Waals surface area contributed by atoms with E-state index in [-0.39, 0.29) is 18.3 Å². The van der Waals surface area contributed by atoms with Crippen LogP contribution in [-0.2, 0) is 16.1 Å². The number of hydrogen-bond acceptors (Lipinski definition) is 10. The van der Waals surface area contributed by atoms with Crippen molar-refractivity contribution in [3.05, 3.63) is 75.8 Å². The smallest absolute Gasteiger partial charge is 0.350 e. The molecule has 0 unspecified atom stereocenters. The molecule has 0 aliphatic carbocycles. The topological polar surface area (TPSA) is 97.3 Å². The number of carbonyl (C=O) groups excluding carboxylic acids is 2. The number of nitrogens with zero attached hydrogens (tertiary/aromatic N) is 4. The Labute approximate surface area is 228 Å². The zero-order valence-electron chi connectivity index (χ0n) is 21.0. The van der Waals surface area contributed by atoms with Gasteiger partial charge in [0, 0.05) is 5.69 Å². The summed E-state index contributed by atoms with van der Waals surface area (Å²) in [4.78, 5) is 32.3. The maximum atomic E-state index is 13.4. The van der Waals surface area contributed by atoms with Gasteiger partial charge < -0.3 is 10.1 Å². The third-order valence-corrected chi connectivity index (χ3v) is 8.52. The van der Waals surface area contributed by atoms with Crippen LogP contribution in [0.15, 0.2) is 52.9 Å². The molecule has 2 aromatic heterocycles. The van der Waals surface area contributed by atoms with Crippen LogP contribution >= 0.6 is 34.4 Å². The number of hydrogen-bond donors (Lipinski definition) is 1. The van der Waals surface area contributed by atoms with Crippen LogP contribution in [0.1, 0.15) is 39.0 Å². The Balaban J connectivity index is 1.49. The molecule has 37 heavy (non-hydrogen) atoms. The number of rotatable bonds is 10. The van der Waals surface area contributed by atoms with Crippen molar-refractivity contribution in [2.45, 2.75) is 38.6 Å². The predicted octanol–water partition coefficient (Wildman–Crippen LogP) is 6.17. The first-order valence-corrected chi connectivity index (χ1v) is 14.3. The molecule has 0 saturated carbocycles. The molecule has 4 rings (SSSR count). The maximum absolute atomic E-state index is 13.4. The molecule has 2 heterocycles. The molecule has 192 valence electrons. The Morgan fingerprint density at radius 1 is 1.00 bits per heavy atom. The zero-order chi connectivity index (χ0) is 26.4. The van der Waals surface area contributed by atoms with Crippen LogP contribution < -0.4 is 10.2 Å². The van der Waals surface area contributed by atoms with E-state index in [9.17, 15) is 9.59 Å². The summed E-state index contributed by atoms with van der Waals surface area (Å²) in [6.07, 6.45) is 0. The summed E-state index contributed by atoms with van der Waals surface area (Å²) < 4.78 is 5.83. The van der Waals surface area contributed by atoms with Gasteiger partial charge in [-0.2, -0.15) is 0 Å². The van der Waals surface area contributed by atoms with Crippen LogP contribution in [0, 0.1) is 20.8 Å². The molecule has 0 radical (unpaired) electrons. The lowest BCUT2D eigenvalue weighted by molar-refractivity contribution is -0.116. The number of aromatic nitrogens is 3. The van der Waals surface area contributed by atoms with Gasteiger partial charge in [-0.25, -0.2) is 9.78 Å². The third-order valence-electron chi connectivity index (χ3n) is 5.40. The Morgan fingerprint density at radius 3 is 2.43 bits per heavy atom. The van der Waals surface area contributed by atoms with Gasteiger partial charge in [0.05, 0.1) is 24.6 Å². The third kappa shape index (κ3) is 6.73. The summed E-state index contributed by atoms with van der Waals surface area (Å²) in [6.45, 7) is 8.20. The van der Waals surface area contributed by atoms with Gasteiger partial charge in [-0.1, -0.05) is 83.0 Å². The van der Waals surface area contributed by atoms with E-state index in [1.807, 2.05) is 62.4 Å². The monoisotopic (exact) mass is 553 g/mol. The fraction of sp³-hybridized carbons (Fsp3) is 0.269. The van der Waals surface area contributed by atoms with Crippen LogP contribution in [0.25, 0.3) is 0 Å². The molecule has 0 fully saturated rings. The van der Waals surface area contributed by atoms with Crippen molar-refractivity contribution in [3.8, 4) is 0 Å². The van der Waals surface area contributed by atoms with Crippen molar-refractivity contribution in [1.82, 2.24) is 15.2 Å². The Kier molecular flexibility index (Phi) is 8.91. The summed E-state index contributed by atoms with van der Waals surface area (Å²) >= 11 is 3.89. The molecule has 1 amide bonds. The lowest BCUT2D eigenvalue weighted by Gasteiger charge is -2.19. The second-order valence-corrected chi connectivity index (χ2v) is 11.3. The highest BCUT2D eigenvalue weighted by Gasteiger charge is 2.24. The summed E-state index contributed by atoms with van der Waals surface area (Å²) in [5.41, 5.74) is 4.76. The van der Waals surface area contributed by atoms with Gasteiger partial charge in [0.2, 0.25) is 11.0 Å². The zero-order valence-corrected chi connectivity index (χ0v) is 23.4. The van der Waals surface area contributed by atoms with Crippen molar-refractivity contribution >= 4 is 62.3 Å². The standard InChI is InChI=1S/C26H27N5O3S3/c1-5-34-23(33)22-18(4)27-25(36-22)31(14-19-12-7-6-8-13-19)20(32)15-35-26-30-29-24(37-26)28-21-16(2)10-9-11-17(21)3/h6-13H,5,14-15H2,1-4H3,(H,28,29). The van der Waals surface area contributed by atoms with Crippen molar-refractivity contribution < 1.29 is 14.3 Å². The second-order valence-electron chi connectivity index (χ2n) is 8.15. The van der Waals surface area contributed by atoms with E-state index >= 15 is 0 Å². The van der Waals surface area contributed by atoms with Crippen LogP contribution in [0.5, 0.6) is 0 Å². The van der Waals surface area contributed by atoms with Crippen LogP contribution in [-0.4, -0.2) is 39.4 Å². The van der Waals surface area contributed by atoms with E-state index in [1.54, 1.807) is 18.7 Å². The van der Waals surface area contributed by atoms with Crippen LogP contribution in [0.4, 0.5) is 16.0 Å². The fourth-order valence-electron chi connectivity index (χ4n) is 3.55. The predicted molar refractivity (Wildman–Crippen MR) is 150 cm³/mol. The number of esters is 1. The SMILES string of the molecule is CCOC(=O)c1sc(N(Cc2ccccc2)C(=O)CSc2nnc(Nc3c(C)cccc3C)s2)nc1C. The lowest BCUT2D eigenvalue weighted by Crippen LogP contribution is -2.31. The number of amides is 1. The maximum Gasteiger partial charge on any atom is 0.350 e. The van der Waals surface area contributed by atoms with E-state index < -0.39 is 5.97 Å². The molecule has 0 saturated heterocycles. The normalized spacial score (nSPS) is 10.8. The first kappa shape index (κ1) is 26.8. The molecule has 0 bridgehead atoms. The van der Waals surface area contributed by atoms with Gasteiger partial charge in [0.1, 0.15) is 4.88 Å². The average molecular weight is 554 g/mol. The molecule has 4 aromatic rings. The Bertz CT molecular complexity index is 1370. The number of thioether (sulfide) groups is 1. The fourth-order valence-corrected chi connectivity index (χ4v) is 6.16. The number of ether oxygens (including phenoxy) is 1. The number of nitrogens with one attached hydrogen (secondary N) is 1. The number of para-hydroxylation sites is 1. The molecule has 8 nitrogen and oxygen atoms in total. The second kappa shape index (κ2) is 12.3. The molecule has 11 heteroatoms. The minimum Gasteiger partial charge on any atom is -0.462 e. The first-order valence-electron chi connectivity index (χ1n) is 11.6. The number of thiazole rings is 1. The first-order chi connectivity index (χ1) is 17.9. The van der Waals surface area contributed by atoms with Crippen LogP contribution in [0.3, 0.4) is 0 Å². The van der Waals surface area contributed by atoms with Gasteiger partial charge in [0.25, 0.3) is 0 Å². The van der Waals surface area contributed by atoms with Gasteiger partial charge >= 0.3 is 5.97 Å². The summed E-state index contributed by atoms with van der Waals surface area (Å²) in [5, 5.41) is 13.0. The highest BCUT2D eigenvalue weighted by molar-refractivity contribution is 8.01. The lowest BCUT2D eigenvalue weighted by atomic mass is 10.1. The van der Waals surface area contributed by atoms with Crippen molar-refractivity contribution in [1.29, 1.82) is 0 Å². The van der Waals surface area contributed by atoms with Gasteiger partial charge in [-0.15, -0.1) is 10.2 Å². The minimum atomic E-state index is -0.428. The highest BCUT2D eigenvalue weighted by Crippen LogP contribution is 2.32. The van der Waals surface area contributed by atoms with Crippen molar-refractivity contribution in [3.63, 3.8) is 0 Å². The van der Waals surface area contributed by atoms with Crippen molar-refractivity contribution in [2.75, 3.05) is 22.6 Å². The molecule has 0 aliphatic heterocycles. The highest BCUT2D eigenvalue weighted by atomic mass is 32.2. The van der Waals surface area contributed by atoms with E-state index in [2.05, 4.69) is 20.5 Å². The Hall–Kier alpha value is -3.28.